The molecule has 0 spiro atoms. The van der Waals surface area contributed by atoms with Crippen molar-refractivity contribution >= 4 is 0 Å². The zero-order valence-electron chi connectivity index (χ0n) is 8.86. The molecule has 2 nitrogen and oxygen atoms in total. The van der Waals surface area contributed by atoms with Crippen molar-refractivity contribution in [2.24, 2.45) is 0 Å². The Morgan fingerprint density at radius 2 is 2.07 bits per heavy atom. The summed E-state index contributed by atoms with van der Waals surface area (Å²) in [5, 5.41) is 9.85. The molecule has 1 aromatic rings. The Hall–Kier alpha value is -0.860. The van der Waals surface area contributed by atoms with Gasteiger partial charge in [0.15, 0.2) is 0 Å². The van der Waals surface area contributed by atoms with E-state index in [4.69, 9.17) is 4.74 Å². The number of benzene rings is 1. The number of ether oxygens (including phenoxy) is 1. The molecule has 0 saturated carbocycles. The van der Waals surface area contributed by atoms with Gasteiger partial charge in [-0.2, -0.15) is 0 Å². The van der Waals surface area contributed by atoms with E-state index in [1.54, 1.807) is 0 Å². The topological polar surface area (TPSA) is 29.5 Å². The van der Waals surface area contributed by atoms with E-state index in [0.29, 0.717) is 19.6 Å². The second-order valence-electron chi connectivity index (χ2n) is 3.36. The normalized spacial score (nSPS) is 12.8. The molecule has 0 aliphatic carbocycles. The molecular formula is C12H18O2. The zero-order valence-corrected chi connectivity index (χ0v) is 8.86. The van der Waals surface area contributed by atoms with Crippen molar-refractivity contribution in [3.8, 4) is 0 Å². The van der Waals surface area contributed by atoms with Crippen molar-refractivity contribution in [2.75, 3.05) is 13.2 Å². The fraction of sp³-hybridized carbons (Fsp3) is 0.500. The summed E-state index contributed by atoms with van der Waals surface area (Å²) >= 11 is 0. The summed E-state index contributed by atoms with van der Waals surface area (Å²) in [6.07, 6.45) is 0.265. The average molecular weight is 194 g/mol. The van der Waals surface area contributed by atoms with Gasteiger partial charge in [0.05, 0.1) is 6.10 Å². The standard InChI is InChI=1S/C12H18O2/c1-3-14-9-8-12(13)11-7-5-4-6-10(11)2/h4-7,12-13H,3,8-9H2,1-2H3. The summed E-state index contributed by atoms with van der Waals surface area (Å²) in [4.78, 5) is 0. The van der Waals surface area contributed by atoms with Crippen molar-refractivity contribution in [1.29, 1.82) is 0 Å². The predicted molar refractivity (Wildman–Crippen MR) is 57.2 cm³/mol. The van der Waals surface area contributed by atoms with Crippen molar-refractivity contribution in [2.45, 2.75) is 26.4 Å². The molecule has 1 unspecified atom stereocenters. The minimum atomic E-state index is -0.400. The summed E-state index contributed by atoms with van der Waals surface area (Å²) in [5.74, 6) is 0. The van der Waals surface area contributed by atoms with Crippen LogP contribution in [0.3, 0.4) is 0 Å². The largest absolute Gasteiger partial charge is 0.388 e. The number of rotatable bonds is 5. The third-order valence-electron chi connectivity index (χ3n) is 2.29. The first kappa shape index (κ1) is 11.2. The summed E-state index contributed by atoms with van der Waals surface area (Å²) < 4.78 is 5.21. The summed E-state index contributed by atoms with van der Waals surface area (Å²) in [6.45, 7) is 5.30. The molecule has 0 saturated heterocycles. The van der Waals surface area contributed by atoms with E-state index in [-0.39, 0.29) is 0 Å². The van der Waals surface area contributed by atoms with Gasteiger partial charge in [0.1, 0.15) is 0 Å². The monoisotopic (exact) mass is 194 g/mol. The lowest BCUT2D eigenvalue weighted by Gasteiger charge is -2.13. The lowest BCUT2D eigenvalue weighted by Crippen LogP contribution is -2.04. The first-order chi connectivity index (χ1) is 6.75. The molecule has 0 aromatic heterocycles. The third-order valence-corrected chi connectivity index (χ3v) is 2.29. The van der Waals surface area contributed by atoms with Gasteiger partial charge in [-0.25, -0.2) is 0 Å². The summed E-state index contributed by atoms with van der Waals surface area (Å²) in [5.41, 5.74) is 2.14. The van der Waals surface area contributed by atoms with Crippen LogP contribution in [0.15, 0.2) is 24.3 Å². The molecule has 14 heavy (non-hydrogen) atoms. The van der Waals surface area contributed by atoms with Crippen LogP contribution < -0.4 is 0 Å². The molecule has 1 aromatic carbocycles. The maximum absolute atomic E-state index is 9.85. The van der Waals surface area contributed by atoms with Crippen molar-refractivity contribution in [3.05, 3.63) is 35.4 Å². The number of aliphatic hydroxyl groups is 1. The van der Waals surface area contributed by atoms with Gasteiger partial charge >= 0.3 is 0 Å². The minimum absolute atomic E-state index is 0.400. The molecule has 0 amide bonds. The van der Waals surface area contributed by atoms with E-state index in [2.05, 4.69) is 0 Å². The van der Waals surface area contributed by atoms with Crippen LogP contribution in [0, 0.1) is 6.92 Å². The van der Waals surface area contributed by atoms with E-state index >= 15 is 0 Å². The number of hydrogen-bond donors (Lipinski definition) is 1. The third kappa shape index (κ3) is 3.13. The van der Waals surface area contributed by atoms with Crippen LogP contribution in [0.25, 0.3) is 0 Å². The van der Waals surface area contributed by atoms with Crippen LogP contribution >= 0.6 is 0 Å². The average Bonchev–Trinajstić information content (AvgIpc) is 2.18. The fourth-order valence-electron chi connectivity index (χ4n) is 1.46. The molecule has 0 radical (unpaired) electrons. The van der Waals surface area contributed by atoms with E-state index in [1.165, 1.54) is 0 Å². The molecule has 0 aliphatic rings. The first-order valence-electron chi connectivity index (χ1n) is 5.07. The van der Waals surface area contributed by atoms with Gasteiger partial charge in [-0.15, -0.1) is 0 Å². The number of aliphatic hydroxyl groups excluding tert-OH is 1. The van der Waals surface area contributed by atoms with Crippen LogP contribution in [-0.2, 0) is 4.74 Å². The molecular weight excluding hydrogens is 176 g/mol. The van der Waals surface area contributed by atoms with Gasteiger partial charge in [0.2, 0.25) is 0 Å². The Labute approximate surface area is 85.5 Å². The summed E-state index contributed by atoms with van der Waals surface area (Å²) in [7, 11) is 0. The van der Waals surface area contributed by atoms with Crippen molar-refractivity contribution < 1.29 is 9.84 Å². The molecule has 78 valence electrons. The Morgan fingerprint density at radius 1 is 1.36 bits per heavy atom. The lowest BCUT2D eigenvalue weighted by molar-refractivity contribution is 0.0883. The molecule has 2 heteroatoms. The fourth-order valence-corrected chi connectivity index (χ4v) is 1.46. The number of aryl methyl sites for hydroxylation is 1. The highest BCUT2D eigenvalue weighted by atomic mass is 16.5. The highest BCUT2D eigenvalue weighted by molar-refractivity contribution is 5.27. The molecule has 0 heterocycles. The highest BCUT2D eigenvalue weighted by Gasteiger charge is 2.08. The maximum atomic E-state index is 9.85. The molecule has 1 rings (SSSR count). The molecule has 1 atom stereocenters. The van der Waals surface area contributed by atoms with Crippen molar-refractivity contribution in [1.82, 2.24) is 0 Å². The second-order valence-corrected chi connectivity index (χ2v) is 3.36. The quantitative estimate of drug-likeness (QED) is 0.729. The minimum Gasteiger partial charge on any atom is -0.388 e. The predicted octanol–water partition coefficient (Wildman–Crippen LogP) is 2.46. The van der Waals surface area contributed by atoms with Gasteiger partial charge in [0, 0.05) is 19.6 Å². The van der Waals surface area contributed by atoms with Crippen LogP contribution in [-0.4, -0.2) is 18.3 Å². The van der Waals surface area contributed by atoms with Crippen LogP contribution in [0.1, 0.15) is 30.6 Å². The summed E-state index contributed by atoms with van der Waals surface area (Å²) in [6, 6.07) is 7.91. The van der Waals surface area contributed by atoms with E-state index in [1.807, 2.05) is 38.1 Å². The van der Waals surface area contributed by atoms with Crippen LogP contribution in [0.4, 0.5) is 0 Å². The second kappa shape index (κ2) is 5.78. The SMILES string of the molecule is CCOCCC(O)c1ccccc1C. The van der Waals surface area contributed by atoms with Crippen LogP contribution in [0.5, 0.6) is 0 Å². The van der Waals surface area contributed by atoms with E-state index in [9.17, 15) is 5.11 Å². The van der Waals surface area contributed by atoms with Gasteiger partial charge in [-0.3, -0.25) is 0 Å². The molecule has 0 fully saturated rings. The van der Waals surface area contributed by atoms with Gasteiger partial charge in [-0.1, -0.05) is 24.3 Å². The van der Waals surface area contributed by atoms with Gasteiger partial charge in [-0.05, 0) is 25.0 Å². The molecule has 0 aliphatic heterocycles. The smallest absolute Gasteiger partial charge is 0.0814 e. The Balaban J connectivity index is 2.51. The lowest BCUT2D eigenvalue weighted by atomic mass is 10.0. The zero-order chi connectivity index (χ0) is 10.4. The highest BCUT2D eigenvalue weighted by Crippen LogP contribution is 2.19. The van der Waals surface area contributed by atoms with E-state index in [0.717, 1.165) is 11.1 Å². The maximum Gasteiger partial charge on any atom is 0.0814 e. The Bertz CT molecular complexity index is 271. The molecule has 0 bridgehead atoms. The first-order valence-corrected chi connectivity index (χ1v) is 5.07. The Morgan fingerprint density at radius 3 is 2.71 bits per heavy atom. The Kier molecular flexibility index (Phi) is 4.63. The van der Waals surface area contributed by atoms with Crippen LogP contribution in [0.2, 0.25) is 0 Å². The van der Waals surface area contributed by atoms with Gasteiger partial charge in [0.25, 0.3) is 0 Å². The van der Waals surface area contributed by atoms with Gasteiger partial charge < -0.3 is 9.84 Å². The molecule has 1 N–H and O–H groups in total. The van der Waals surface area contributed by atoms with E-state index < -0.39 is 6.10 Å². The van der Waals surface area contributed by atoms with Crippen molar-refractivity contribution in [3.63, 3.8) is 0 Å². The number of hydrogen-bond acceptors (Lipinski definition) is 2.